The smallest absolute Gasteiger partial charge is 0.253 e. The van der Waals surface area contributed by atoms with Crippen molar-refractivity contribution in [3.05, 3.63) is 58.6 Å². The summed E-state index contributed by atoms with van der Waals surface area (Å²) in [5, 5.41) is 6.76. The second kappa shape index (κ2) is 11.6. The molecule has 0 spiro atoms. The number of carbonyl (C=O) groups excluding carboxylic acids is 3. The van der Waals surface area contributed by atoms with Crippen molar-refractivity contribution >= 4 is 40.7 Å². The molecule has 4 rings (SSSR count). The molecule has 2 fully saturated rings. The van der Waals surface area contributed by atoms with E-state index in [1.807, 2.05) is 21.9 Å². The Labute approximate surface area is 211 Å². The first-order chi connectivity index (χ1) is 16.9. The average molecular weight is 498 g/mol. The predicted molar refractivity (Wildman–Crippen MR) is 138 cm³/mol. The standard InChI is InChI=1S/C26H32ClN5O3/c1-19(33)29-23-18-21(26(35)31-11-3-9-28-10-14-31)7-8-24(23)30-12-4-13-32(16-15-30)25(34)20-5-2-6-22(27)17-20/h2,5-8,17-18,28H,3-4,9-16H2,1H3,(H,29,33). The molecule has 2 N–H and O–H groups in total. The van der Waals surface area contributed by atoms with Gasteiger partial charge in [-0.1, -0.05) is 17.7 Å². The van der Waals surface area contributed by atoms with Crippen LogP contribution in [0.3, 0.4) is 0 Å². The van der Waals surface area contributed by atoms with Gasteiger partial charge >= 0.3 is 0 Å². The Morgan fingerprint density at radius 3 is 2.34 bits per heavy atom. The molecule has 8 nitrogen and oxygen atoms in total. The monoisotopic (exact) mass is 497 g/mol. The van der Waals surface area contributed by atoms with E-state index in [1.54, 1.807) is 30.3 Å². The van der Waals surface area contributed by atoms with Gasteiger partial charge in [0.2, 0.25) is 5.91 Å². The Bertz CT molecular complexity index is 1080. The summed E-state index contributed by atoms with van der Waals surface area (Å²) in [7, 11) is 0. The van der Waals surface area contributed by atoms with E-state index in [9.17, 15) is 14.4 Å². The van der Waals surface area contributed by atoms with Gasteiger partial charge in [0, 0.05) is 68.9 Å². The number of amides is 3. The van der Waals surface area contributed by atoms with Gasteiger partial charge in [-0.2, -0.15) is 0 Å². The van der Waals surface area contributed by atoms with Crippen molar-refractivity contribution < 1.29 is 14.4 Å². The highest BCUT2D eigenvalue weighted by molar-refractivity contribution is 6.30. The number of rotatable bonds is 4. The molecule has 35 heavy (non-hydrogen) atoms. The lowest BCUT2D eigenvalue weighted by Gasteiger charge is -2.27. The second-order valence-electron chi connectivity index (χ2n) is 8.95. The first kappa shape index (κ1) is 25.0. The quantitative estimate of drug-likeness (QED) is 0.678. The highest BCUT2D eigenvalue weighted by Crippen LogP contribution is 2.29. The van der Waals surface area contributed by atoms with E-state index >= 15 is 0 Å². The van der Waals surface area contributed by atoms with E-state index in [1.165, 1.54) is 6.92 Å². The summed E-state index contributed by atoms with van der Waals surface area (Å²) in [4.78, 5) is 44.0. The molecule has 0 unspecified atom stereocenters. The lowest BCUT2D eigenvalue weighted by atomic mass is 10.1. The number of carbonyl (C=O) groups is 3. The van der Waals surface area contributed by atoms with Crippen molar-refractivity contribution in [1.82, 2.24) is 15.1 Å². The molecule has 2 aliphatic rings. The summed E-state index contributed by atoms with van der Waals surface area (Å²) < 4.78 is 0. The van der Waals surface area contributed by atoms with Crippen LogP contribution in [0.5, 0.6) is 0 Å². The summed E-state index contributed by atoms with van der Waals surface area (Å²) in [6, 6.07) is 12.5. The van der Waals surface area contributed by atoms with Gasteiger partial charge in [0.05, 0.1) is 11.4 Å². The summed E-state index contributed by atoms with van der Waals surface area (Å²) in [5.41, 5.74) is 2.61. The van der Waals surface area contributed by atoms with E-state index in [0.717, 1.165) is 38.2 Å². The molecule has 3 amide bonds. The third kappa shape index (κ3) is 6.32. The maximum atomic E-state index is 13.1. The molecule has 2 aromatic rings. The minimum atomic E-state index is -0.192. The zero-order valence-corrected chi connectivity index (χ0v) is 20.8. The topological polar surface area (TPSA) is 85.0 Å². The van der Waals surface area contributed by atoms with Crippen LogP contribution < -0.4 is 15.5 Å². The molecule has 0 aromatic heterocycles. The average Bonchev–Trinajstić information content (AvgIpc) is 3.26. The Kier molecular flexibility index (Phi) is 8.25. The van der Waals surface area contributed by atoms with Gasteiger partial charge in [-0.25, -0.2) is 0 Å². The Balaban J connectivity index is 1.51. The SMILES string of the molecule is CC(=O)Nc1cc(C(=O)N2CCCNCC2)ccc1N1CCCN(C(=O)c2cccc(Cl)c2)CC1. The third-order valence-electron chi connectivity index (χ3n) is 6.38. The zero-order chi connectivity index (χ0) is 24.8. The molecule has 0 radical (unpaired) electrons. The van der Waals surface area contributed by atoms with Gasteiger partial charge < -0.3 is 25.3 Å². The molecule has 2 heterocycles. The molecule has 9 heteroatoms. The van der Waals surface area contributed by atoms with Crippen molar-refractivity contribution in [2.45, 2.75) is 19.8 Å². The van der Waals surface area contributed by atoms with Crippen molar-refractivity contribution in [2.24, 2.45) is 0 Å². The molecular weight excluding hydrogens is 466 g/mol. The van der Waals surface area contributed by atoms with Gasteiger partial charge in [-0.15, -0.1) is 0 Å². The van der Waals surface area contributed by atoms with Crippen LogP contribution in [0.2, 0.25) is 5.02 Å². The summed E-state index contributed by atoms with van der Waals surface area (Å²) >= 11 is 6.07. The largest absolute Gasteiger partial charge is 0.368 e. The fraction of sp³-hybridized carbons (Fsp3) is 0.423. The molecule has 2 saturated heterocycles. The molecular formula is C26H32ClN5O3. The number of nitrogens with one attached hydrogen (secondary N) is 2. The number of hydrogen-bond acceptors (Lipinski definition) is 5. The maximum absolute atomic E-state index is 13.1. The highest BCUT2D eigenvalue weighted by Gasteiger charge is 2.24. The lowest BCUT2D eigenvalue weighted by Crippen LogP contribution is -2.35. The lowest BCUT2D eigenvalue weighted by molar-refractivity contribution is -0.114. The molecule has 0 saturated carbocycles. The Hall–Kier alpha value is -3.10. The van der Waals surface area contributed by atoms with Gasteiger partial charge in [0.25, 0.3) is 11.8 Å². The number of benzene rings is 2. The summed E-state index contributed by atoms with van der Waals surface area (Å²) in [5.74, 6) is -0.257. The molecule has 0 bridgehead atoms. The van der Waals surface area contributed by atoms with Crippen molar-refractivity contribution in [1.29, 1.82) is 0 Å². The van der Waals surface area contributed by atoms with Crippen LogP contribution in [0.15, 0.2) is 42.5 Å². The normalized spacial score (nSPS) is 16.9. The molecule has 2 aliphatic heterocycles. The van der Waals surface area contributed by atoms with Crippen LogP contribution in [0, 0.1) is 0 Å². The molecule has 2 aromatic carbocycles. The first-order valence-electron chi connectivity index (χ1n) is 12.1. The van der Waals surface area contributed by atoms with Crippen molar-refractivity contribution in [3.63, 3.8) is 0 Å². The summed E-state index contributed by atoms with van der Waals surface area (Å²) in [6.07, 6.45) is 1.70. The molecule has 186 valence electrons. The number of halogens is 1. The minimum Gasteiger partial charge on any atom is -0.368 e. The second-order valence-corrected chi connectivity index (χ2v) is 9.39. The number of anilines is 2. The van der Waals surface area contributed by atoms with Crippen molar-refractivity contribution in [3.8, 4) is 0 Å². The number of hydrogen-bond donors (Lipinski definition) is 2. The zero-order valence-electron chi connectivity index (χ0n) is 20.1. The van der Waals surface area contributed by atoms with Gasteiger partial charge in [-0.05, 0) is 55.8 Å². The first-order valence-corrected chi connectivity index (χ1v) is 12.5. The Morgan fingerprint density at radius 2 is 1.57 bits per heavy atom. The predicted octanol–water partition coefficient (Wildman–Crippen LogP) is 3.09. The molecule has 0 atom stereocenters. The molecule has 0 aliphatic carbocycles. The van der Waals surface area contributed by atoms with Crippen LogP contribution in [0.25, 0.3) is 0 Å². The van der Waals surface area contributed by atoms with E-state index in [2.05, 4.69) is 15.5 Å². The Morgan fingerprint density at radius 1 is 0.829 bits per heavy atom. The number of nitrogens with zero attached hydrogens (tertiary/aromatic N) is 3. The fourth-order valence-corrected chi connectivity index (χ4v) is 4.82. The van der Waals surface area contributed by atoms with Crippen LogP contribution in [-0.2, 0) is 4.79 Å². The van der Waals surface area contributed by atoms with E-state index in [-0.39, 0.29) is 17.7 Å². The van der Waals surface area contributed by atoms with E-state index < -0.39 is 0 Å². The minimum absolute atomic E-state index is 0.0268. The van der Waals surface area contributed by atoms with Crippen LogP contribution >= 0.6 is 11.6 Å². The van der Waals surface area contributed by atoms with Crippen LogP contribution in [0.4, 0.5) is 11.4 Å². The van der Waals surface area contributed by atoms with Gasteiger partial charge in [0.15, 0.2) is 0 Å². The van der Waals surface area contributed by atoms with Crippen LogP contribution in [-0.4, -0.2) is 79.9 Å². The summed E-state index contributed by atoms with van der Waals surface area (Å²) in [6.45, 7) is 7.06. The van der Waals surface area contributed by atoms with Gasteiger partial charge in [0.1, 0.15) is 0 Å². The third-order valence-corrected chi connectivity index (χ3v) is 6.61. The van der Waals surface area contributed by atoms with Crippen LogP contribution in [0.1, 0.15) is 40.5 Å². The fourth-order valence-electron chi connectivity index (χ4n) is 4.63. The van der Waals surface area contributed by atoms with E-state index in [4.69, 9.17) is 11.6 Å². The van der Waals surface area contributed by atoms with Crippen molar-refractivity contribution in [2.75, 3.05) is 62.6 Å². The highest BCUT2D eigenvalue weighted by atomic mass is 35.5. The van der Waals surface area contributed by atoms with Gasteiger partial charge in [-0.3, -0.25) is 14.4 Å². The van der Waals surface area contributed by atoms with E-state index in [0.29, 0.717) is 54.6 Å². The maximum Gasteiger partial charge on any atom is 0.253 e.